The molecule has 0 unspecified atom stereocenters. The van der Waals surface area contributed by atoms with E-state index >= 15 is 0 Å². The highest BCUT2D eigenvalue weighted by Gasteiger charge is 2.13. The molecule has 1 fully saturated rings. The molecule has 140 valence electrons. The van der Waals surface area contributed by atoms with E-state index in [0.717, 1.165) is 36.8 Å². The Morgan fingerprint density at radius 3 is 2.70 bits per heavy atom. The summed E-state index contributed by atoms with van der Waals surface area (Å²) in [6.45, 7) is 2.87. The number of fused-ring (bicyclic) bond motifs is 1. The molecule has 1 aliphatic heterocycles. The lowest BCUT2D eigenvalue weighted by molar-refractivity contribution is 0.548. The number of hydrogen-bond donors (Lipinski definition) is 0. The summed E-state index contributed by atoms with van der Waals surface area (Å²) in [5.41, 5.74) is 2.53. The SMILES string of the molecule is CN1CCCC1=NCCSc1cn(Cc2ccc(Cl)cc2)c2ccccc12. The maximum Gasteiger partial charge on any atom is 0.0987 e. The summed E-state index contributed by atoms with van der Waals surface area (Å²) < 4.78 is 2.33. The molecule has 3 aromatic rings. The molecular formula is C22H24ClN3S. The minimum Gasteiger partial charge on any atom is -0.363 e. The van der Waals surface area contributed by atoms with E-state index in [0.29, 0.717) is 0 Å². The predicted molar refractivity (Wildman–Crippen MR) is 117 cm³/mol. The van der Waals surface area contributed by atoms with Gasteiger partial charge in [0.15, 0.2) is 0 Å². The fraction of sp³-hybridized carbons (Fsp3) is 0.318. The largest absolute Gasteiger partial charge is 0.363 e. The molecule has 0 aliphatic carbocycles. The maximum absolute atomic E-state index is 6.02. The van der Waals surface area contributed by atoms with E-state index in [9.17, 15) is 0 Å². The number of thioether (sulfide) groups is 1. The Kier molecular flexibility index (Phi) is 5.74. The first kappa shape index (κ1) is 18.5. The van der Waals surface area contributed by atoms with Gasteiger partial charge in [-0.2, -0.15) is 0 Å². The van der Waals surface area contributed by atoms with Gasteiger partial charge in [-0.15, -0.1) is 11.8 Å². The molecule has 1 aliphatic rings. The first-order valence-electron chi connectivity index (χ1n) is 9.40. The van der Waals surface area contributed by atoms with Crippen LogP contribution in [0.25, 0.3) is 10.9 Å². The van der Waals surface area contributed by atoms with E-state index < -0.39 is 0 Å². The third kappa shape index (κ3) is 4.33. The minimum absolute atomic E-state index is 0.780. The Balaban J connectivity index is 1.48. The molecule has 1 saturated heterocycles. The van der Waals surface area contributed by atoms with Crippen molar-refractivity contribution in [3.05, 3.63) is 65.3 Å². The molecule has 3 nitrogen and oxygen atoms in total. The summed E-state index contributed by atoms with van der Waals surface area (Å²) in [5, 5.41) is 2.10. The molecule has 0 atom stereocenters. The van der Waals surface area contributed by atoms with Crippen molar-refractivity contribution in [1.29, 1.82) is 0 Å². The zero-order valence-corrected chi connectivity index (χ0v) is 17.1. The second-order valence-corrected chi connectivity index (χ2v) is 8.51. The van der Waals surface area contributed by atoms with Crippen LogP contribution in [-0.4, -0.2) is 41.2 Å². The lowest BCUT2D eigenvalue weighted by Gasteiger charge is -2.10. The molecule has 4 rings (SSSR count). The van der Waals surface area contributed by atoms with Gasteiger partial charge in [0.1, 0.15) is 0 Å². The van der Waals surface area contributed by atoms with Crippen molar-refractivity contribution in [2.75, 3.05) is 25.9 Å². The van der Waals surface area contributed by atoms with Crippen LogP contribution in [0.5, 0.6) is 0 Å². The van der Waals surface area contributed by atoms with Crippen LogP contribution >= 0.6 is 23.4 Å². The number of likely N-dealkylation sites (tertiary alicyclic amines) is 1. The van der Waals surface area contributed by atoms with Gasteiger partial charge in [0, 0.05) is 59.3 Å². The number of aromatic nitrogens is 1. The van der Waals surface area contributed by atoms with E-state index in [-0.39, 0.29) is 0 Å². The van der Waals surface area contributed by atoms with Crippen molar-refractivity contribution < 1.29 is 0 Å². The van der Waals surface area contributed by atoms with Crippen molar-refractivity contribution in [3.8, 4) is 0 Å². The van der Waals surface area contributed by atoms with Gasteiger partial charge in [0.2, 0.25) is 0 Å². The molecule has 2 aromatic carbocycles. The summed E-state index contributed by atoms with van der Waals surface area (Å²) in [7, 11) is 2.14. The van der Waals surface area contributed by atoms with Gasteiger partial charge >= 0.3 is 0 Å². The first-order valence-corrected chi connectivity index (χ1v) is 10.8. The fourth-order valence-electron chi connectivity index (χ4n) is 3.57. The zero-order chi connectivity index (χ0) is 18.6. The molecule has 0 amide bonds. The van der Waals surface area contributed by atoms with Crippen LogP contribution < -0.4 is 0 Å². The first-order chi connectivity index (χ1) is 13.2. The van der Waals surface area contributed by atoms with E-state index in [1.54, 1.807) is 0 Å². The van der Waals surface area contributed by atoms with Gasteiger partial charge in [0.25, 0.3) is 0 Å². The number of nitrogens with zero attached hydrogens (tertiary/aromatic N) is 3. The van der Waals surface area contributed by atoms with Crippen LogP contribution in [0.1, 0.15) is 18.4 Å². The summed E-state index contributed by atoms with van der Waals surface area (Å²) in [6, 6.07) is 16.7. The van der Waals surface area contributed by atoms with Crippen LogP contribution in [-0.2, 0) is 6.54 Å². The van der Waals surface area contributed by atoms with Crippen molar-refractivity contribution >= 4 is 40.1 Å². The van der Waals surface area contributed by atoms with Gasteiger partial charge in [-0.1, -0.05) is 41.9 Å². The molecular weight excluding hydrogens is 374 g/mol. The quantitative estimate of drug-likeness (QED) is 0.401. The van der Waals surface area contributed by atoms with Crippen LogP contribution in [0.15, 0.2) is 64.6 Å². The van der Waals surface area contributed by atoms with Gasteiger partial charge < -0.3 is 9.47 Å². The number of para-hydroxylation sites is 1. The topological polar surface area (TPSA) is 20.5 Å². The molecule has 0 spiro atoms. The highest BCUT2D eigenvalue weighted by atomic mass is 35.5. The third-order valence-electron chi connectivity index (χ3n) is 5.00. The second kappa shape index (κ2) is 8.41. The third-order valence-corrected chi connectivity index (χ3v) is 6.27. The van der Waals surface area contributed by atoms with Crippen LogP contribution in [0.4, 0.5) is 0 Å². The monoisotopic (exact) mass is 397 g/mol. The van der Waals surface area contributed by atoms with Crippen LogP contribution in [0.2, 0.25) is 5.02 Å². The lowest BCUT2D eigenvalue weighted by atomic mass is 10.2. The molecule has 0 saturated carbocycles. The van der Waals surface area contributed by atoms with Crippen LogP contribution in [0, 0.1) is 0 Å². The van der Waals surface area contributed by atoms with Gasteiger partial charge in [-0.05, 0) is 30.2 Å². The lowest BCUT2D eigenvalue weighted by Crippen LogP contribution is -2.19. The Hall–Kier alpha value is -1.91. The van der Waals surface area contributed by atoms with Gasteiger partial charge in [-0.25, -0.2) is 0 Å². The van der Waals surface area contributed by atoms with Crippen molar-refractivity contribution in [2.24, 2.45) is 4.99 Å². The minimum atomic E-state index is 0.780. The average molecular weight is 398 g/mol. The number of rotatable bonds is 6. The Labute approximate surface area is 170 Å². The zero-order valence-electron chi connectivity index (χ0n) is 15.6. The molecule has 0 N–H and O–H groups in total. The Bertz CT molecular complexity index is 946. The van der Waals surface area contributed by atoms with Crippen molar-refractivity contribution in [2.45, 2.75) is 24.3 Å². The summed E-state index contributed by atoms with van der Waals surface area (Å²) in [5.74, 6) is 2.27. The Morgan fingerprint density at radius 1 is 1.11 bits per heavy atom. The predicted octanol–water partition coefficient (Wildman–Crippen LogP) is 5.56. The van der Waals surface area contributed by atoms with Crippen LogP contribution in [0.3, 0.4) is 0 Å². The highest BCUT2D eigenvalue weighted by Crippen LogP contribution is 2.30. The van der Waals surface area contributed by atoms with E-state index in [2.05, 4.69) is 59.1 Å². The summed E-state index contributed by atoms with van der Waals surface area (Å²) in [6.07, 6.45) is 4.64. The number of hydrogen-bond acceptors (Lipinski definition) is 2. The molecule has 0 bridgehead atoms. The highest BCUT2D eigenvalue weighted by molar-refractivity contribution is 7.99. The standard InChI is InChI=1S/C22H24ClN3S/c1-25-13-4-7-22(25)24-12-14-27-21-16-26(20-6-3-2-5-19(20)21)15-17-8-10-18(23)11-9-17/h2-3,5-6,8-11,16H,4,7,12-15H2,1H3. The summed E-state index contributed by atoms with van der Waals surface area (Å²) >= 11 is 7.92. The van der Waals surface area contributed by atoms with Gasteiger partial charge in [-0.3, -0.25) is 4.99 Å². The van der Waals surface area contributed by atoms with E-state index in [4.69, 9.17) is 16.6 Å². The average Bonchev–Trinajstić information content (AvgIpc) is 3.25. The molecule has 5 heteroatoms. The fourth-order valence-corrected chi connectivity index (χ4v) is 4.63. The van der Waals surface area contributed by atoms with E-state index in [1.807, 2.05) is 23.9 Å². The number of halogens is 1. The molecule has 1 aromatic heterocycles. The molecule has 2 heterocycles. The number of benzene rings is 2. The smallest absolute Gasteiger partial charge is 0.0987 e. The van der Waals surface area contributed by atoms with Gasteiger partial charge in [0.05, 0.1) is 12.4 Å². The number of aliphatic imine (C=N–C) groups is 1. The van der Waals surface area contributed by atoms with Crippen molar-refractivity contribution in [1.82, 2.24) is 9.47 Å². The summed E-state index contributed by atoms with van der Waals surface area (Å²) in [4.78, 5) is 8.40. The van der Waals surface area contributed by atoms with Crippen molar-refractivity contribution in [3.63, 3.8) is 0 Å². The molecule has 0 radical (unpaired) electrons. The normalized spacial score (nSPS) is 15.9. The number of amidine groups is 1. The molecule has 27 heavy (non-hydrogen) atoms. The Morgan fingerprint density at radius 2 is 1.93 bits per heavy atom. The maximum atomic E-state index is 6.02. The van der Waals surface area contributed by atoms with E-state index in [1.165, 1.54) is 33.6 Å². The second-order valence-electron chi connectivity index (χ2n) is 6.94.